The van der Waals surface area contributed by atoms with Gasteiger partial charge in [0, 0.05) is 17.5 Å². The van der Waals surface area contributed by atoms with Crippen molar-refractivity contribution in [1.29, 1.82) is 0 Å². The molecular formula is C16H25N3OS. The number of rotatable bonds is 5. The molecular weight excluding hydrogens is 282 g/mol. The van der Waals surface area contributed by atoms with E-state index in [9.17, 15) is 4.79 Å². The maximum Gasteiger partial charge on any atom is 0.234 e. The first-order valence-corrected chi connectivity index (χ1v) is 8.95. The highest BCUT2D eigenvalue weighted by Gasteiger charge is 2.27. The molecule has 21 heavy (non-hydrogen) atoms. The molecule has 0 bridgehead atoms. The Bertz CT molecular complexity index is 442. The van der Waals surface area contributed by atoms with E-state index >= 15 is 0 Å². The normalized spacial score (nSPS) is 24.3. The van der Waals surface area contributed by atoms with Gasteiger partial charge in [0.1, 0.15) is 0 Å². The molecule has 0 radical (unpaired) electrons. The lowest BCUT2D eigenvalue weighted by atomic mass is 10.0. The first-order valence-electron chi connectivity index (χ1n) is 8.07. The molecule has 1 aromatic rings. The van der Waals surface area contributed by atoms with Crippen molar-refractivity contribution in [3.63, 3.8) is 0 Å². The molecule has 0 spiro atoms. The summed E-state index contributed by atoms with van der Waals surface area (Å²) in [5, 5.41) is 5.08. The van der Waals surface area contributed by atoms with Gasteiger partial charge in [-0.3, -0.25) is 14.6 Å². The first kappa shape index (κ1) is 15.0. The van der Waals surface area contributed by atoms with Gasteiger partial charge in [0.15, 0.2) is 0 Å². The number of piperidine rings is 1. The van der Waals surface area contributed by atoms with Crippen LogP contribution in [0, 0.1) is 0 Å². The van der Waals surface area contributed by atoms with Crippen molar-refractivity contribution in [1.82, 2.24) is 15.1 Å². The van der Waals surface area contributed by atoms with E-state index in [2.05, 4.69) is 21.2 Å². The monoisotopic (exact) mass is 307 g/mol. The molecule has 0 saturated carbocycles. The number of nitrogens with zero attached hydrogens (tertiary/aromatic N) is 2. The topological polar surface area (TPSA) is 35.6 Å². The second-order valence-electron chi connectivity index (χ2n) is 6.13. The Morgan fingerprint density at radius 3 is 2.90 bits per heavy atom. The molecule has 3 heterocycles. The fraction of sp³-hybridized carbons (Fsp3) is 0.688. The van der Waals surface area contributed by atoms with Crippen molar-refractivity contribution in [2.75, 3.05) is 32.7 Å². The van der Waals surface area contributed by atoms with E-state index in [4.69, 9.17) is 0 Å². The van der Waals surface area contributed by atoms with Gasteiger partial charge in [-0.05, 0) is 56.8 Å². The summed E-state index contributed by atoms with van der Waals surface area (Å²) in [6.45, 7) is 5.85. The van der Waals surface area contributed by atoms with Crippen molar-refractivity contribution in [2.45, 2.75) is 38.3 Å². The van der Waals surface area contributed by atoms with E-state index in [1.54, 1.807) is 11.3 Å². The highest BCUT2D eigenvalue weighted by molar-refractivity contribution is 7.09. The molecule has 1 N–H and O–H groups in total. The predicted octanol–water partition coefficient (Wildman–Crippen LogP) is 1.92. The van der Waals surface area contributed by atoms with Gasteiger partial charge >= 0.3 is 0 Å². The van der Waals surface area contributed by atoms with Crippen LogP contribution in [0.3, 0.4) is 0 Å². The van der Waals surface area contributed by atoms with Crippen LogP contribution in [-0.2, 0) is 11.3 Å². The molecule has 1 amide bonds. The van der Waals surface area contributed by atoms with Gasteiger partial charge in [0.25, 0.3) is 0 Å². The van der Waals surface area contributed by atoms with Gasteiger partial charge in [-0.15, -0.1) is 11.3 Å². The van der Waals surface area contributed by atoms with E-state index in [-0.39, 0.29) is 5.91 Å². The molecule has 1 atom stereocenters. The smallest absolute Gasteiger partial charge is 0.234 e. The Kier molecular flexibility index (Phi) is 5.27. The summed E-state index contributed by atoms with van der Waals surface area (Å²) in [5.41, 5.74) is 0. The van der Waals surface area contributed by atoms with E-state index in [0.29, 0.717) is 19.1 Å². The molecule has 0 aliphatic carbocycles. The van der Waals surface area contributed by atoms with E-state index in [1.165, 1.54) is 43.6 Å². The van der Waals surface area contributed by atoms with Gasteiger partial charge in [0.2, 0.25) is 5.91 Å². The number of thiophene rings is 1. The minimum absolute atomic E-state index is 0.158. The molecule has 0 aromatic carbocycles. The van der Waals surface area contributed by atoms with E-state index < -0.39 is 0 Å². The Hall–Kier alpha value is -0.910. The van der Waals surface area contributed by atoms with Crippen LogP contribution >= 0.6 is 11.3 Å². The second kappa shape index (κ2) is 7.38. The summed E-state index contributed by atoms with van der Waals surface area (Å²) in [7, 11) is 0. The molecule has 1 unspecified atom stereocenters. The Labute approximate surface area is 131 Å². The molecule has 4 nitrogen and oxygen atoms in total. The zero-order valence-electron chi connectivity index (χ0n) is 12.6. The number of amides is 1. The summed E-state index contributed by atoms with van der Waals surface area (Å²) >= 11 is 1.69. The largest absolute Gasteiger partial charge is 0.350 e. The van der Waals surface area contributed by atoms with Crippen LogP contribution in [0.2, 0.25) is 0 Å². The average molecular weight is 307 g/mol. The van der Waals surface area contributed by atoms with Crippen molar-refractivity contribution in [3.05, 3.63) is 22.4 Å². The zero-order chi connectivity index (χ0) is 14.5. The lowest BCUT2D eigenvalue weighted by Crippen LogP contribution is -2.49. The van der Waals surface area contributed by atoms with Crippen molar-refractivity contribution in [3.8, 4) is 0 Å². The molecule has 2 saturated heterocycles. The number of hydrogen-bond donors (Lipinski definition) is 1. The number of nitrogens with one attached hydrogen (secondary N) is 1. The molecule has 2 fully saturated rings. The van der Waals surface area contributed by atoms with Crippen molar-refractivity contribution >= 4 is 17.2 Å². The summed E-state index contributed by atoms with van der Waals surface area (Å²) < 4.78 is 0. The Morgan fingerprint density at radius 2 is 2.14 bits per heavy atom. The molecule has 116 valence electrons. The van der Waals surface area contributed by atoms with Gasteiger partial charge in [0.05, 0.1) is 13.1 Å². The van der Waals surface area contributed by atoms with Gasteiger partial charge < -0.3 is 5.32 Å². The van der Waals surface area contributed by atoms with Crippen LogP contribution in [0.5, 0.6) is 0 Å². The highest BCUT2D eigenvalue weighted by atomic mass is 32.1. The van der Waals surface area contributed by atoms with Gasteiger partial charge in [-0.1, -0.05) is 6.07 Å². The SMILES string of the molecule is O=C(CN1CCCC(N2CCCC2)C1)NCc1cccs1. The summed E-state index contributed by atoms with van der Waals surface area (Å²) in [6, 6.07) is 4.76. The fourth-order valence-corrected chi connectivity index (χ4v) is 4.08. The first-order chi connectivity index (χ1) is 10.3. The van der Waals surface area contributed by atoms with Crippen LogP contribution in [0.15, 0.2) is 17.5 Å². The quantitative estimate of drug-likeness (QED) is 0.903. The number of carbonyl (C=O) groups excluding carboxylic acids is 1. The van der Waals surface area contributed by atoms with Crippen LogP contribution < -0.4 is 5.32 Å². The van der Waals surface area contributed by atoms with Crippen molar-refractivity contribution < 1.29 is 4.79 Å². The number of carbonyl (C=O) groups is 1. The standard InChI is InChI=1S/C16H25N3OS/c20-16(17-11-15-6-4-10-21-15)13-18-7-3-5-14(12-18)19-8-1-2-9-19/h4,6,10,14H,1-3,5,7-9,11-13H2,(H,17,20). The van der Waals surface area contributed by atoms with Crippen LogP contribution in [0.4, 0.5) is 0 Å². The third-order valence-corrected chi connectivity index (χ3v) is 5.42. The zero-order valence-corrected chi connectivity index (χ0v) is 13.4. The van der Waals surface area contributed by atoms with E-state index in [0.717, 1.165) is 13.1 Å². The molecule has 2 aliphatic heterocycles. The lowest BCUT2D eigenvalue weighted by Gasteiger charge is -2.37. The third kappa shape index (κ3) is 4.28. The molecule has 1 aromatic heterocycles. The third-order valence-electron chi connectivity index (χ3n) is 4.54. The van der Waals surface area contributed by atoms with Gasteiger partial charge in [-0.2, -0.15) is 0 Å². The average Bonchev–Trinajstić information content (AvgIpc) is 3.19. The lowest BCUT2D eigenvalue weighted by molar-refractivity contribution is -0.122. The maximum absolute atomic E-state index is 12.1. The number of likely N-dealkylation sites (tertiary alicyclic amines) is 2. The summed E-state index contributed by atoms with van der Waals surface area (Å²) in [4.78, 5) is 18.2. The van der Waals surface area contributed by atoms with E-state index in [1.807, 2.05) is 11.4 Å². The fourth-order valence-electron chi connectivity index (χ4n) is 3.44. The summed E-state index contributed by atoms with van der Waals surface area (Å²) in [5.74, 6) is 0.158. The number of hydrogen-bond acceptors (Lipinski definition) is 4. The molecule has 3 rings (SSSR count). The Morgan fingerprint density at radius 1 is 1.29 bits per heavy atom. The molecule has 5 heteroatoms. The summed E-state index contributed by atoms with van der Waals surface area (Å²) in [6.07, 6.45) is 5.21. The van der Waals surface area contributed by atoms with Gasteiger partial charge in [-0.25, -0.2) is 0 Å². The minimum Gasteiger partial charge on any atom is -0.350 e. The predicted molar refractivity (Wildman–Crippen MR) is 86.4 cm³/mol. The Balaban J connectivity index is 1.42. The van der Waals surface area contributed by atoms with Crippen LogP contribution in [0.25, 0.3) is 0 Å². The van der Waals surface area contributed by atoms with Crippen LogP contribution in [-0.4, -0.2) is 54.5 Å². The van der Waals surface area contributed by atoms with Crippen LogP contribution in [0.1, 0.15) is 30.6 Å². The second-order valence-corrected chi connectivity index (χ2v) is 7.16. The maximum atomic E-state index is 12.1. The highest BCUT2D eigenvalue weighted by Crippen LogP contribution is 2.20. The molecule has 2 aliphatic rings. The van der Waals surface area contributed by atoms with Crippen molar-refractivity contribution in [2.24, 2.45) is 0 Å². The minimum atomic E-state index is 0.158.